The highest BCUT2D eigenvalue weighted by Gasteiger charge is 2.29. The van der Waals surface area contributed by atoms with E-state index >= 15 is 0 Å². The number of carbonyl (C=O) groups is 1. The lowest BCUT2D eigenvalue weighted by Crippen LogP contribution is -2.28. The Hall–Kier alpha value is -1.55. The van der Waals surface area contributed by atoms with Gasteiger partial charge in [0, 0.05) is 19.1 Å². The van der Waals surface area contributed by atoms with E-state index in [4.69, 9.17) is 9.84 Å². The van der Waals surface area contributed by atoms with Crippen LogP contribution in [0.15, 0.2) is 18.2 Å². The molecule has 1 fully saturated rings. The number of nitrogens with zero attached hydrogens (tertiary/aromatic N) is 1. The normalized spacial score (nSPS) is 14.7. The minimum Gasteiger partial charge on any atom is -0.496 e. The number of aliphatic carboxylic acids is 1. The molecule has 1 saturated carbocycles. The Labute approximate surface area is 114 Å². The van der Waals surface area contributed by atoms with E-state index in [2.05, 4.69) is 17.0 Å². The Morgan fingerprint density at radius 3 is 2.74 bits per heavy atom. The number of ether oxygens (including phenoxy) is 1. The fourth-order valence-corrected chi connectivity index (χ4v) is 2.34. The highest BCUT2D eigenvalue weighted by atomic mass is 16.5. The molecule has 0 radical (unpaired) electrons. The number of methoxy groups -OCH3 is 1. The fourth-order valence-electron chi connectivity index (χ4n) is 2.34. The largest absolute Gasteiger partial charge is 0.496 e. The Morgan fingerprint density at radius 1 is 1.47 bits per heavy atom. The molecular weight excluding hydrogens is 242 g/mol. The Kier molecular flexibility index (Phi) is 4.43. The Morgan fingerprint density at radius 2 is 2.21 bits per heavy atom. The standard InChI is InChI=1S/C15H21NO3/c1-11-9-12(3-6-14(11)19-2)10-16(13-4-5-13)8-7-15(17)18/h3,6,9,13H,4-5,7-8,10H2,1-2H3,(H,17,18). The minimum atomic E-state index is -0.725. The van der Waals surface area contributed by atoms with Crippen LogP contribution >= 0.6 is 0 Å². The van der Waals surface area contributed by atoms with Crippen LogP contribution < -0.4 is 4.74 Å². The predicted molar refractivity (Wildman–Crippen MR) is 73.4 cm³/mol. The number of hydrogen-bond donors (Lipinski definition) is 1. The average molecular weight is 263 g/mol. The van der Waals surface area contributed by atoms with E-state index in [1.54, 1.807) is 7.11 Å². The summed E-state index contributed by atoms with van der Waals surface area (Å²) in [5, 5.41) is 8.80. The zero-order chi connectivity index (χ0) is 13.8. The molecule has 0 saturated heterocycles. The minimum absolute atomic E-state index is 0.214. The molecule has 0 unspecified atom stereocenters. The predicted octanol–water partition coefficient (Wildman–Crippen LogP) is 2.44. The van der Waals surface area contributed by atoms with Gasteiger partial charge in [-0.25, -0.2) is 0 Å². The van der Waals surface area contributed by atoms with E-state index in [1.165, 1.54) is 18.4 Å². The van der Waals surface area contributed by atoms with Crippen molar-refractivity contribution in [2.45, 2.75) is 38.8 Å². The second kappa shape index (κ2) is 6.06. The Bertz CT molecular complexity index is 455. The SMILES string of the molecule is COc1ccc(CN(CCC(=O)O)C2CC2)cc1C. The molecule has 4 heteroatoms. The topological polar surface area (TPSA) is 49.8 Å². The van der Waals surface area contributed by atoms with Crippen LogP contribution in [0.1, 0.15) is 30.4 Å². The lowest BCUT2D eigenvalue weighted by atomic mass is 10.1. The third-order valence-electron chi connectivity index (χ3n) is 3.52. The molecule has 1 aromatic carbocycles. The lowest BCUT2D eigenvalue weighted by Gasteiger charge is -2.21. The third kappa shape index (κ3) is 3.96. The molecule has 0 aromatic heterocycles. The maximum absolute atomic E-state index is 10.7. The molecule has 0 heterocycles. The van der Waals surface area contributed by atoms with Crippen molar-refractivity contribution in [3.63, 3.8) is 0 Å². The van der Waals surface area contributed by atoms with Gasteiger partial charge in [-0.05, 0) is 37.0 Å². The van der Waals surface area contributed by atoms with Gasteiger partial charge in [-0.3, -0.25) is 9.69 Å². The van der Waals surface area contributed by atoms with E-state index in [0.29, 0.717) is 12.6 Å². The third-order valence-corrected chi connectivity index (χ3v) is 3.52. The van der Waals surface area contributed by atoms with E-state index in [9.17, 15) is 4.79 Å². The second-order valence-corrected chi connectivity index (χ2v) is 5.15. The van der Waals surface area contributed by atoms with Crippen molar-refractivity contribution < 1.29 is 14.6 Å². The molecule has 0 aliphatic heterocycles. The molecule has 0 spiro atoms. The van der Waals surface area contributed by atoms with Crippen LogP contribution in [-0.4, -0.2) is 35.7 Å². The number of carboxylic acid groups (broad SMARTS) is 1. The molecule has 1 aliphatic carbocycles. The second-order valence-electron chi connectivity index (χ2n) is 5.15. The van der Waals surface area contributed by atoms with Gasteiger partial charge < -0.3 is 9.84 Å². The zero-order valence-electron chi connectivity index (χ0n) is 11.6. The molecule has 4 nitrogen and oxygen atoms in total. The molecule has 2 rings (SSSR count). The van der Waals surface area contributed by atoms with Crippen molar-refractivity contribution in [1.29, 1.82) is 0 Å². The van der Waals surface area contributed by atoms with Crippen molar-refractivity contribution in [3.8, 4) is 5.75 Å². The van der Waals surface area contributed by atoms with E-state index < -0.39 is 5.97 Å². The smallest absolute Gasteiger partial charge is 0.304 e. The van der Waals surface area contributed by atoms with Crippen LogP contribution in [0, 0.1) is 6.92 Å². The van der Waals surface area contributed by atoms with Gasteiger partial charge in [-0.15, -0.1) is 0 Å². The first-order valence-corrected chi connectivity index (χ1v) is 6.69. The summed E-state index contributed by atoms with van der Waals surface area (Å²) in [4.78, 5) is 13.0. The summed E-state index contributed by atoms with van der Waals surface area (Å²) in [7, 11) is 1.67. The number of hydrogen-bond acceptors (Lipinski definition) is 3. The quantitative estimate of drug-likeness (QED) is 0.821. The summed E-state index contributed by atoms with van der Waals surface area (Å²) in [6.07, 6.45) is 2.59. The van der Waals surface area contributed by atoms with Crippen LogP contribution in [0.2, 0.25) is 0 Å². The zero-order valence-corrected chi connectivity index (χ0v) is 11.6. The van der Waals surface area contributed by atoms with Gasteiger partial charge in [-0.1, -0.05) is 12.1 Å². The summed E-state index contributed by atoms with van der Waals surface area (Å²) in [5.41, 5.74) is 2.34. The van der Waals surface area contributed by atoms with E-state index in [0.717, 1.165) is 17.9 Å². The number of carboxylic acids is 1. The van der Waals surface area contributed by atoms with Gasteiger partial charge in [0.2, 0.25) is 0 Å². The van der Waals surface area contributed by atoms with Crippen LogP contribution in [-0.2, 0) is 11.3 Å². The molecule has 1 N–H and O–H groups in total. The van der Waals surface area contributed by atoms with Crippen molar-refractivity contribution in [2.24, 2.45) is 0 Å². The van der Waals surface area contributed by atoms with Gasteiger partial charge >= 0.3 is 5.97 Å². The average Bonchev–Trinajstić information content (AvgIpc) is 3.18. The summed E-state index contributed by atoms with van der Waals surface area (Å²) >= 11 is 0. The molecule has 1 aliphatic rings. The highest BCUT2D eigenvalue weighted by molar-refractivity contribution is 5.66. The van der Waals surface area contributed by atoms with Crippen LogP contribution in [0.5, 0.6) is 5.75 Å². The Balaban J connectivity index is 2.00. The summed E-state index contributed by atoms with van der Waals surface area (Å²) in [5.74, 6) is 0.170. The highest BCUT2D eigenvalue weighted by Crippen LogP contribution is 2.29. The van der Waals surface area contributed by atoms with Crippen LogP contribution in [0.3, 0.4) is 0 Å². The first-order valence-electron chi connectivity index (χ1n) is 6.69. The van der Waals surface area contributed by atoms with Gasteiger partial charge in [0.25, 0.3) is 0 Å². The monoisotopic (exact) mass is 263 g/mol. The molecule has 19 heavy (non-hydrogen) atoms. The van der Waals surface area contributed by atoms with Crippen molar-refractivity contribution >= 4 is 5.97 Å². The van der Waals surface area contributed by atoms with Crippen molar-refractivity contribution in [1.82, 2.24) is 4.90 Å². The number of rotatable bonds is 7. The first-order chi connectivity index (χ1) is 9.10. The first kappa shape index (κ1) is 13.9. The molecule has 104 valence electrons. The van der Waals surface area contributed by atoms with Crippen molar-refractivity contribution in [2.75, 3.05) is 13.7 Å². The maximum atomic E-state index is 10.7. The molecular formula is C15H21NO3. The lowest BCUT2D eigenvalue weighted by molar-refractivity contribution is -0.137. The maximum Gasteiger partial charge on any atom is 0.304 e. The number of benzene rings is 1. The summed E-state index contributed by atoms with van der Waals surface area (Å²) in [6.45, 7) is 3.48. The molecule has 0 amide bonds. The molecule has 0 bridgehead atoms. The van der Waals surface area contributed by atoms with Crippen molar-refractivity contribution in [3.05, 3.63) is 29.3 Å². The van der Waals surface area contributed by atoms with Gasteiger partial charge in [-0.2, -0.15) is 0 Å². The van der Waals surface area contributed by atoms with Gasteiger partial charge in [0.1, 0.15) is 5.75 Å². The molecule has 0 atom stereocenters. The van der Waals surface area contributed by atoms with Gasteiger partial charge in [0.05, 0.1) is 13.5 Å². The van der Waals surface area contributed by atoms with Gasteiger partial charge in [0.15, 0.2) is 0 Å². The summed E-state index contributed by atoms with van der Waals surface area (Å²) in [6, 6.07) is 6.73. The van der Waals surface area contributed by atoms with E-state index in [-0.39, 0.29) is 6.42 Å². The number of aryl methyl sites for hydroxylation is 1. The molecule has 1 aromatic rings. The fraction of sp³-hybridized carbons (Fsp3) is 0.533. The van der Waals surface area contributed by atoms with Crippen LogP contribution in [0.25, 0.3) is 0 Å². The van der Waals surface area contributed by atoms with Crippen LogP contribution in [0.4, 0.5) is 0 Å². The van der Waals surface area contributed by atoms with E-state index in [1.807, 2.05) is 13.0 Å². The summed E-state index contributed by atoms with van der Waals surface area (Å²) < 4.78 is 5.25.